The van der Waals surface area contributed by atoms with Crippen molar-refractivity contribution in [3.8, 4) is 0 Å². The molecule has 0 aliphatic rings. The molecule has 84 valence electrons. The highest BCUT2D eigenvalue weighted by Gasteiger charge is 2.11. The zero-order valence-corrected chi connectivity index (χ0v) is 9.35. The van der Waals surface area contributed by atoms with E-state index >= 15 is 0 Å². The maximum Gasteiger partial charge on any atom is 0.0749 e. The van der Waals surface area contributed by atoms with Crippen molar-refractivity contribution in [2.24, 2.45) is 0 Å². The Bertz CT molecular complexity index is 465. The number of aromatic nitrogens is 1. The van der Waals surface area contributed by atoms with Crippen LogP contribution in [0.4, 0.5) is 0 Å². The lowest BCUT2D eigenvalue weighted by Crippen LogP contribution is -2.18. The van der Waals surface area contributed by atoms with Crippen LogP contribution >= 0.6 is 0 Å². The summed E-state index contributed by atoms with van der Waals surface area (Å²) in [7, 11) is 1.90. The van der Waals surface area contributed by atoms with E-state index in [-0.39, 0.29) is 12.6 Å². The molecule has 1 atom stereocenters. The van der Waals surface area contributed by atoms with Crippen LogP contribution < -0.4 is 5.32 Å². The van der Waals surface area contributed by atoms with Gasteiger partial charge in [-0.1, -0.05) is 24.3 Å². The lowest BCUT2D eigenvalue weighted by molar-refractivity contribution is 0.269. The third-order valence-corrected chi connectivity index (χ3v) is 2.81. The molecular weight excluding hydrogens is 200 g/mol. The van der Waals surface area contributed by atoms with E-state index in [1.807, 2.05) is 19.2 Å². The molecular formula is C13H16N2O. The summed E-state index contributed by atoms with van der Waals surface area (Å²) in [6, 6.07) is 10.3. The predicted molar refractivity (Wildman–Crippen MR) is 65.2 cm³/mol. The van der Waals surface area contributed by atoms with Gasteiger partial charge >= 0.3 is 0 Å². The van der Waals surface area contributed by atoms with Gasteiger partial charge in [0.2, 0.25) is 0 Å². The van der Waals surface area contributed by atoms with Gasteiger partial charge in [-0.15, -0.1) is 0 Å². The van der Waals surface area contributed by atoms with Crippen LogP contribution in [-0.2, 0) is 0 Å². The van der Waals surface area contributed by atoms with Crippen molar-refractivity contribution in [3.63, 3.8) is 0 Å². The number of para-hydroxylation sites is 1. The second-order valence-electron chi connectivity index (χ2n) is 3.78. The molecule has 0 spiro atoms. The highest BCUT2D eigenvalue weighted by molar-refractivity contribution is 5.81. The van der Waals surface area contributed by atoms with Gasteiger partial charge < -0.3 is 10.4 Å². The summed E-state index contributed by atoms with van der Waals surface area (Å²) in [5.74, 6) is 0. The first-order valence-electron chi connectivity index (χ1n) is 5.48. The van der Waals surface area contributed by atoms with E-state index in [2.05, 4.69) is 28.5 Å². The van der Waals surface area contributed by atoms with Crippen molar-refractivity contribution in [2.75, 3.05) is 13.7 Å². The van der Waals surface area contributed by atoms with Crippen molar-refractivity contribution < 1.29 is 5.11 Å². The molecule has 0 aliphatic carbocycles. The highest BCUT2D eigenvalue weighted by atomic mass is 16.3. The maximum absolute atomic E-state index is 9.04. The minimum Gasteiger partial charge on any atom is -0.396 e. The Morgan fingerprint density at radius 2 is 2.12 bits per heavy atom. The van der Waals surface area contributed by atoms with Crippen molar-refractivity contribution in [2.45, 2.75) is 12.5 Å². The monoisotopic (exact) mass is 216 g/mol. The van der Waals surface area contributed by atoms with Gasteiger partial charge in [-0.3, -0.25) is 4.98 Å². The fourth-order valence-corrected chi connectivity index (χ4v) is 1.99. The van der Waals surface area contributed by atoms with Crippen molar-refractivity contribution in [3.05, 3.63) is 42.1 Å². The molecule has 0 fully saturated rings. The third kappa shape index (κ3) is 2.05. The summed E-state index contributed by atoms with van der Waals surface area (Å²) in [6.07, 6.45) is 2.50. The number of nitrogens with one attached hydrogen (secondary N) is 1. The second kappa shape index (κ2) is 5.05. The Labute approximate surface area is 95.1 Å². The van der Waals surface area contributed by atoms with E-state index < -0.39 is 0 Å². The van der Waals surface area contributed by atoms with Crippen LogP contribution in [0.25, 0.3) is 10.9 Å². The van der Waals surface area contributed by atoms with Crippen LogP contribution in [0.5, 0.6) is 0 Å². The van der Waals surface area contributed by atoms with Gasteiger partial charge in [-0.2, -0.15) is 0 Å². The van der Waals surface area contributed by atoms with Gasteiger partial charge in [0.1, 0.15) is 0 Å². The predicted octanol–water partition coefficient (Wildman–Crippen LogP) is 1.88. The topological polar surface area (TPSA) is 45.1 Å². The van der Waals surface area contributed by atoms with Crippen LogP contribution in [-0.4, -0.2) is 23.7 Å². The lowest BCUT2D eigenvalue weighted by atomic mass is 10.0. The molecule has 0 saturated heterocycles. The van der Waals surface area contributed by atoms with Gasteiger partial charge in [0.25, 0.3) is 0 Å². The van der Waals surface area contributed by atoms with Crippen molar-refractivity contribution in [1.82, 2.24) is 10.3 Å². The zero-order valence-electron chi connectivity index (χ0n) is 9.35. The first-order chi connectivity index (χ1) is 7.86. The zero-order chi connectivity index (χ0) is 11.4. The minimum atomic E-state index is 0.156. The molecule has 16 heavy (non-hydrogen) atoms. The van der Waals surface area contributed by atoms with Gasteiger partial charge in [-0.25, -0.2) is 0 Å². The normalized spacial score (nSPS) is 12.9. The number of aliphatic hydroxyl groups is 1. The fraction of sp³-hybridized carbons (Fsp3) is 0.308. The number of benzene rings is 1. The largest absolute Gasteiger partial charge is 0.396 e. The Morgan fingerprint density at radius 1 is 1.31 bits per heavy atom. The van der Waals surface area contributed by atoms with Crippen molar-refractivity contribution >= 4 is 10.9 Å². The summed E-state index contributed by atoms with van der Waals surface area (Å²) < 4.78 is 0. The Hall–Kier alpha value is -1.45. The number of hydrogen-bond donors (Lipinski definition) is 2. The van der Waals surface area contributed by atoms with Gasteiger partial charge in [0.15, 0.2) is 0 Å². The minimum absolute atomic E-state index is 0.156. The molecule has 3 heteroatoms. The molecule has 3 nitrogen and oxygen atoms in total. The van der Waals surface area contributed by atoms with Crippen LogP contribution in [0.15, 0.2) is 36.5 Å². The van der Waals surface area contributed by atoms with E-state index in [0.29, 0.717) is 6.42 Å². The number of rotatable bonds is 4. The summed E-state index contributed by atoms with van der Waals surface area (Å²) in [5.41, 5.74) is 2.16. The maximum atomic E-state index is 9.04. The molecule has 0 saturated carbocycles. The Balaban J connectivity index is 2.50. The third-order valence-electron chi connectivity index (χ3n) is 2.81. The molecule has 2 aromatic rings. The number of fused-ring (bicyclic) bond motifs is 1. The summed E-state index contributed by atoms with van der Waals surface area (Å²) in [4.78, 5) is 4.41. The number of aliphatic hydroxyl groups excluding tert-OH is 1. The average Bonchev–Trinajstić information content (AvgIpc) is 2.35. The van der Waals surface area contributed by atoms with Gasteiger partial charge in [0, 0.05) is 24.2 Å². The van der Waals surface area contributed by atoms with Gasteiger partial charge in [0.05, 0.1) is 5.52 Å². The van der Waals surface area contributed by atoms with E-state index in [1.165, 1.54) is 0 Å². The van der Waals surface area contributed by atoms with Crippen LogP contribution in [0.1, 0.15) is 18.0 Å². The second-order valence-corrected chi connectivity index (χ2v) is 3.78. The van der Waals surface area contributed by atoms with Crippen LogP contribution in [0.3, 0.4) is 0 Å². The molecule has 1 unspecified atom stereocenters. The summed E-state index contributed by atoms with van der Waals surface area (Å²) in [5, 5.41) is 13.4. The lowest BCUT2D eigenvalue weighted by Gasteiger charge is -2.16. The summed E-state index contributed by atoms with van der Waals surface area (Å²) >= 11 is 0. The number of nitrogens with zero attached hydrogens (tertiary/aromatic N) is 1. The highest BCUT2D eigenvalue weighted by Crippen LogP contribution is 2.23. The van der Waals surface area contributed by atoms with E-state index in [0.717, 1.165) is 16.5 Å². The van der Waals surface area contributed by atoms with Gasteiger partial charge in [-0.05, 0) is 25.1 Å². The quantitative estimate of drug-likeness (QED) is 0.820. The SMILES string of the molecule is CNC(CCO)c1cccc2cccnc12. The smallest absolute Gasteiger partial charge is 0.0749 e. The molecule has 2 rings (SSSR count). The van der Waals surface area contributed by atoms with Crippen LogP contribution in [0, 0.1) is 0 Å². The van der Waals surface area contributed by atoms with Crippen molar-refractivity contribution in [1.29, 1.82) is 0 Å². The number of hydrogen-bond acceptors (Lipinski definition) is 3. The Kier molecular flexibility index (Phi) is 3.49. The molecule has 0 bridgehead atoms. The Morgan fingerprint density at radius 3 is 2.88 bits per heavy atom. The van der Waals surface area contributed by atoms with Crippen LogP contribution in [0.2, 0.25) is 0 Å². The molecule has 1 aromatic heterocycles. The first kappa shape index (κ1) is 11.0. The summed E-state index contributed by atoms with van der Waals surface area (Å²) in [6.45, 7) is 0.175. The average molecular weight is 216 g/mol. The first-order valence-corrected chi connectivity index (χ1v) is 5.48. The van der Waals surface area contributed by atoms with E-state index in [1.54, 1.807) is 6.20 Å². The van der Waals surface area contributed by atoms with E-state index in [9.17, 15) is 0 Å². The molecule has 2 N–H and O–H groups in total. The molecule has 1 aromatic carbocycles. The standard InChI is InChI=1S/C13H16N2O/c1-14-12(7-9-16)11-6-2-4-10-5-3-8-15-13(10)11/h2-6,8,12,14,16H,7,9H2,1H3. The fourth-order valence-electron chi connectivity index (χ4n) is 1.99. The van der Waals surface area contributed by atoms with E-state index in [4.69, 9.17) is 5.11 Å². The molecule has 1 heterocycles. The number of pyridine rings is 1. The molecule has 0 radical (unpaired) electrons. The molecule has 0 amide bonds. The molecule has 0 aliphatic heterocycles.